The number of morpholine rings is 1. The predicted octanol–water partition coefficient (Wildman–Crippen LogP) is 2.06. The molecule has 1 aliphatic heterocycles. The molecule has 5 nitrogen and oxygen atoms in total. The first-order chi connectivity index (χ1) is 8.60. The maximum atomic E-state index is 12.6. The number of nitrogens with two attached hydrogens (primary N) is 1. The largest absolute Gasteiger partial charge is 0.375 e. The van der Waals surface area contributed by atoms with Gasteiger partial charge in [-0.1, -0.05) is 11.3 Å². The highest BCUT2D eigenvalue weighted by Crippen LogP contribution is 2.30. The van der Waals surface area contributed by atoms with Crippen molar-refractivity contribution in [2.75, 3.05) is 18.8 Å². The van der Waals surface area contributed by atoms with Crippen LogP contribution >= 0.6 is 11.3 Å². The van der Waals surface area contributed by atoms with E-state index in [1.165, 1.54) is 11.3 Å². The molecule has 1 amide bonds. The molecule has 2 heterocycles. The molecule has 0 saturated carbocycles. The van der Waals surface area contributed by atoms with Crippen LogP contribution in [0.3, 0.4) is 0 Å². The Morgan fingerprint density at radius 3 is 2.26 bits per heavy atom. The normalized spacial score (nSPS) is 21.4. The molecular weight excluding hydrogens is 262 g/mol. The van der Waals surface area contributed by atoms with E-state index >= 15 is 0 Å². The monoisotopic (exact) mass is 283 g/mol. The van der Waals surface area contributed by atoms with Gasteiger partial charge in [-0.15, -0.1) is 0 Å². The molecule has 1 aromatic rings. The lowest BCUT2D eigenvalue weighted by molar-refractivity contribution is -0.171. The maximum absolute atomic E-state index is 12.6. The topological polar surface area (TPSA) is 68.5 Å². The summed E-state index contributed by atoms with van der Waals surface area (Å²) in [5, 5.41) is 0.438. The summed E-state index contributed by atoms with van der Waals surface area (Å²) in [6.07, 6.45) is 0. The van der Waals surface area contributed by atoms with E-state index in [0.717, 1.165) is 0 Å². The Labute approximate surface area is 117 Å². The fourth-order valence-corrected chi connectivity index (χ4v) is 3.49. The zero-order valence-corrected chi connectivity index (χ0v) is 12.9. The van der Waals surface area contributed by atoms with Gasteiger partial charge >= 0.3 is 0 Å². The Balaban J connectivity index is 2.26. The van der Waals surface area contributed by atoms with Gasteiger partial charge in [-0.3, -0.25) is 4.79 Å². The molecule has 0 aliphatic carbocycles. The van der Waals surface area contributed by atoms with E-state index in [1.807, 2.05) is 39.5 Å². The zero-order chi connectivity index (χ0) is 14.4. The lowest BCUT2D eigenvalue weighted by Crippen LogP contribution is -2.58. The number of anilines is 1. The van der Waals surface area contributed by atoms with Crippen LogP contribution in [0, 0.1) is 6.92 Å². The van der Waals surface area contributed by atoms with E-state index in [9.17, 15) is 4.79 Å². The first-order valence-electron chi connectivity index (χ1n) is 6.32. The van der Waals surface area contributed by atoms with Crippen LogP contribution in [0.4, 0.5) is 5.13 Å². The molecule has 0 aromatic carbocycles. The van der Waals surface area contributed by atoms with Crippen LogP contribution < -0.4 is 5.73 Å². The Morgan fingerprint density at radius 2 is 1.84 bits per heavy atom. The summed E-state index contributed by atoms with van der Waals surface area (Å²) in [5.74, 6) is -0.00356. The second-order valence-corrected chi connectivity index (χ2v) is 7.28. The van der Waals surface area contributed by atoms with Crippen molar-refractivity contribution in [3.05, 3.63) is 10.6 Å². The second kappa shape index (κ2) is 4.45. The van der Waals surface area contributed by atoms with Crippen LogP contribution in [-0.4, -0.2) is 40.1 Å². The molecule has 0 radical (unpaired) electrons. The molecule has 19 heavy (non-hydrogen) atoms. The van der Waals surface area contributed by atoms with Crippen molar-refractivity contribution in [3.63, 3.8) is 0 Å². The Bertz CT molecular complexity index is 492. The van der Waals surface area contributed by atoms with E-state index < -0.39 is 0 Å². The van der Waals surface area contributed by atoms with Crippen LogP contribution in [-0.2, 0) is 4.74 Å². The van der Waals surface area contributed by atoms with Crippen molar-refractivity contribution in [3.8, 4) is 0 Å². The molecule has 0 spiro atoms. The minimum Gasteiger partial charge on any atom is -0.375 e. The molecule has 6 heteroatoms. The van der Waals surface area contributed by atoms with Crippen LogP contribution in [0.25, 0.3) is 0 Å². The summed E-state index contributed by atoms with van der Waals surface area (Å²) in [6.45, 7) is 11.0. The Hall–Kier alpha value is -1.14. The van der Waals surface area contributed by atoms with Gasteiger partial charge in [0, 0.05) is 13.1 Å². The van der Waals surface area contributed by atoms with Gasteiger partial charge in [-0.25, -0.2) is 4.98 Å². The standard InChI is InChI=1S/C13H21N3O2S/c1-8-9(19-11(14)15-8)10(17)16-6-12(2,3)18-13(4,5)7-16/h6-7H2,1-5H3,(H2,14,15). The van der Waals surface area contributed by atoms with Crippen molar-refractivity contribution >= 4 is 22.4 Å². The number of aryl methyl sites for hydroxylation is 1. The van der Waals surface area contributed by atoms with Gasteiger partial charge < -0.3 is 15.4 Å². The summed E-state index contributed by atoms with van der Waals surface area (Å²) < 4.78 is 5.98. The third-order valence-electron chi connectivity index (χ3n) is 2.99. The highest BCUT2D eigenvalue weighted by Gasteiger charge is 2.40. The number of hydrogen-bond acceptors (Lipinski definition) is 5. The van der Waals surface area contributed by atoms with Crippen LogP contribution in [0.5, 0.6) is 0 Å². The van der Waals surface area contributed by atoms with Crippen molar-refractivity contribution < 1.29 is 9.53 Å². The van der Waals surface area contributed by atoms with Crippen molar-refractivity contribution in [2.24, 2.45) is 0 Å². The van der Waals surface area contributed by atoms with E-state index in [2.05, 4.69) is 4.98 Å². The van der Waals surface area contributed by atoms with Gasteiger partial charge in [-0.2, -0.15) is 0 Å². The summed E-state index contributed by atoms with van der Waals surface area (Å²) in [7, 11) is 0. The predicted molar refractivity (Wildman–Crippen MR) is 76.4 cm³/mol. The van der Waals surface area contributed by atoms with E-state index in [0.29, 0.717) is 28.8 Å². The molecule has 1 aliphatic rings. The van der Waals surface area contributed by atoms with Gasteiger partial charge in [0.25, 0.3) is 5.91 Å². The van der Waals surface area contributed by atoms with Gasteiger partial charge in [0.2, 0.25) is 0 Å². The number of nitrogen functional groups attached to an aromatic ring is 1. The third kappa shape index (κ3) is 3.06. The van der Waals surface area contributed by atoms with Gasteiger partial charge in [0.15, 0.2) is 5.13 Å². The molecular formula is C13H21N3O2S. The third-order valence-corrected chi connectivity index (χ3v) is 3.97. The molecule has 0 bridgehead atoms. The summed E-state index contributed by atoms with van der Waals surface area (Å²) in [5.41, 5.74) is 5.68. The van der Waals surface area contributed by atoms with Crippen molar-refractivity contribution in [2.45, 2.75) is 45.8 Å². The molecule has 2 N–H and O–H groups in total. The van der Waals surface area contributed by atoms with E-state index in [1.54, 1.807) is 0 Å². The fourth-order valence-electron chi connectivity index (χ4n) is 2.69. The Morgan fingerprint density at radius 1 is 1.32 bits per heavy atom. The van der Waals surface area contributed by atoms with Crippen LogP contribution in [0.15, 0.2) is 0 Å². The number of carbonyl (C=O) groups is 1. The highest BCUT2D eigenvalue weighted by atomic mass is 32.1. The van der Waals surface area contributed by atoms with E-state index in [4.69, 9.17) is 10.5 Å². The molecule has 2 rings (SSSR count). The number of rotatable bonds is 1. The Kier molecular flexibility index (Phi) is 3.35. The lowest BCUT2D eigenvalue weighted by Gasteiger charge is -2.47. The van der Waals surface area contributed by atoms with Gasteiger partial charge in [0.1, 0.15) is 4.88 Å². The quantitative estimate of drug-likeness (QED) is 0.856. The molecule has 1 saturated heterocycles. The number of ether oxygens (including phenoxy) is 1. The van der Waals surface area contributed by atoms with Gasteiger partial charge in [0.05, 0.1) is 16.9 Å². The lowest BCUT2D eigenvalue weighted by atomic mass is 9.99. The number of amides is 1. The molecule has 106 valence electrons. The number of hydrogen-bond donors (Lipinski definition) is 1. The minimum absolute atomic E-state index is 0.00356. The number of carbonyl (C=O) groups excluding carboxylic acids is 1. The molecule has 1 fully saturated rings. The first-order valence-corrected chi connectivity index (χ1v) is 7.14. The summed E-state index contributed by atoms with van der Waals surface area (Å²) in [4.78, 5) is 19.2. The van der Waals surface area contributed by atoms with Crippen molar-refractivity contribution in [1.29, 1.82) is 0 Å². The summed E-state index contributed by atoms with van der Waals surface area (Å²) >= 11 is 1.25. The highest BCUT2D eigenvalue weighted by molar-refractivity contribution is 7.17. The average Bonchev–Trinajstić information content (AvgIpc) is 2.52. The number of thiazole rings is 1. The molecule has 0 unspecified atom stereocenters. The zero-order valence-electron chi connectivity index (χ0n) is 12.1. The maximum Gasteiger partial charge on any atom is 0.266 e. The smallest absolute Gasteiger partial charge is 0.266 e. The fraction of sp³-hybridized carbons (Fsp3) is 0.692. The van der Waals surface area contributed by atoms with Crippen LogP contribution in [0.2, 0.25) is 0 Å². The SMILES string of the molecule is Cc1nc(N)sc1C(=O)N1CC(C)(C)OC(C)(C)C1. The summed E-state index contributed by atoms with van der Waals surface area (Å²) in [6, 6.07) is 0. The van der Waals surface area contributed by atoms with Crippen molar-refractivity contribution in [1.82, 2.24) is 9.88 Å². The minimum atomic E-state index is -0.346. The van der Waals surface area contributed by atoms with Gasteiger partial charge in [-0.05, 0) is 34.6 Å². The number of nitrogens with zero attached hydrogens (tertiary/aromatic N) is 2. The second-order valence-electron chi connectivity index (χ2n) is 6.25. The molecule has 1 aromatic heterocycles. The van der Waals surface area contributed by atoms with Crippen LogP contribution in [0.1, 0.15) is 43.1 Å². The first kappa shape index (κ1) is 14.3. The van der Waals surface area contributed by atoms with E-state index in [-0.39, 0.29) is 17.1 Å². The average molecular weight is 283 g/mol. The number of aromatic nitrogens is 1. The molecule has 0 atom stereocenters.